The number of aryl methyl sites for hydroxylation is 1. The Morgan fingerprint density at radius 1 is 1.02 bits per heavy atom. The lowest BCUT2D eigenvalue weighted by molar-refractivity contribution is 0.0126. The third-order valence-corrected chi connectivity index (χ3v) is 8.73. The van der Waals surface area contributed by atoms with E-state index in [9.17, 15) is 14.4 Å². The number of fused-ring (bicyclic) bond motifs is 6. The molecule has 0 saturated carbocycles. The molecule has 1 aromatic heterocycles. The highest BCUT2D eigenvalue weighted by Crippen LogP contribution is 2.39. The van der Waals surface area contributed by atoms with E-state index in [-0.39, 0.29) is 29.6 Å². The maximum Gasteiger partial charge on any atom is 0.510 e. The minimum absolute atomic E-state index is 0.120. The number of aromatic nitrogens is 1. The number of carbonyl (C=O) groups is 2. The van der Waals surface area contributed by atoms with Gasteiger partial charge in [-0.25, -0.2) is 4.79 Å². The second kappa shape index (κ2) is 11.3. The van der Waals surface area contributed by atoms with Crippen LogP contribution in [0.4, 0.5) is 4.79 Å². The van der Waals surface area contributed by atoms with Gasteiger partial charge < -0.3 is 19.1 Å². The van der Waals surface area contributed by atoms with E-state index in [1.54, 1.807) is 10.9 Å². The summed E-state index contributed by atoms with van der Waals surface area (Å²) < 4.78 is 16.8. The van der Waals surface area contributed by atoms with Crippen LogP contribution in [0.2, 0.25) is 0 Å². The molecule has 9 nitrogen and oxygen atoms in total. The predicted octanol–water partition coefficient (Wildman–Crippen LogP) is 4.70. The van der Waals surface area contributed by atoms with Gasteiger partial charge in [-0.15, -0.1) is 11.8 Å². The van der Waals surface area contributed by atoms with Gasteiger partial charge in [0, 0.05) is 23.7 Å². The van der Waals surface area contributed by atoms with Crippen LogP contribution >= 0.6 is 11.8 Å². The molecular weight excluding hydrogens is 530 g/mol. The molecule has 2 unspecified atom stereocenters. The van der Waals surface area contributed by atoms with Gasteiger partial charge in [0.25, 0.3) is 5.91 Å². The zero-order valence-electron chi connectivity index (χ0n) is 22.3. The van der Waals surface area contributed by atoms with Gasteiger partial charge in [0.1, 0.15) is 6.17 Å². The van der Waals surface area contributed by atoms with Crippen LogP contribution in [0.15, 0.2) is 70.5 Å². The Morgan fingerprint density at radius 3 is 2.70 bits per heavy atom. The summed E-state index contributed by atoms with van der Waals surface area (Å²) in [5.41, 5.74) is 3.14. The SMILES string of the molecule is COC(=O)OCOc1c2n(ccc1=O)N(C1c3cccc(c3)CCCSc3cccc1c3)C1CCCCN1C2=O. The number of ether oxygens (including phenoxy) is 3. The zero-order chi connectivity index (χ0) is 27.6. The van der Waals surface area contributed by atoms with Crippen LogP contribution in [-0.4, -0.2) is 54.0 Å². The van der Waals surface area contributed by atoms with Crippen LogP contribution in [0.1, 0.15) is 58.9 Å². The highest BCUT2D eigenvalue weighted by atomic mass is 32.2. The number of rotatable bonds is 4. The first-order valence-corrected chi connectivity index (χ1v) is 14.5. The number of thioether (sulfide) groups is 1. The predicted molar refractivity (Wildman–Crippen MR) is 150 cm³/mol. The summed E-state index contributed by atoms with van der Waals surface area (Å²) in [6, 6.07) is 18.4. The molecule has 0 radical (unpaired) electrons. The molecule has 1 amide bonds. The standard InChI is InChI=1S/C30H31N3O6S/c1-37-30(36)39-19-38-28-24(34)13-15-32-27(28)29(35)31-14-3-2-12-25(31)33(32)26-21-9-4-7-20(17-21)8-6-16-40-23-11-5-10-22(26)18-23/h4-5,7,9-11,13,15,17-18,25-26H,2-3,6,8,12,14,16,19H2,1H3. The third kappa shape index (κ3) is 4.92. The van der Waals surface area contributed by atoms with Gasteiger partial charge in [0.15, 0.2) is 5.69 Å². The second-order valence-corrected chi connectivity index (χ2v) is 11.3. The normalized spacial score (nSPS) is 20.1. The van der Waals surface area contributed by atoms with Crippen molar-refractivity contribution in [3.63, 3.8) is 0 Å². The van der Waals surface area contributed by atoms with Crippen LogP contribution in [0, 0.1) is 0 Å². The highest BCUT2D eigenvalue weighted by molar-refractivity contribution is 7.99. The molecule has 4 heterocycles. The largest absolute Gasteiger partial charge is 0.510 e. The highest BCUT2D eigenvalue weighted by Gasteiger charge is 2.44. The molecule has 4 bridgehead atoms. The molecule has 208 valence electrons. The van der Waals surface area contributed by atoms with Gasteiger partial charge in [0.05, 0.1) is 13.2 Å². The smallest absolute Gasteiger partial charge is 0.451 e. The topological polar surface area (TPSA) is 90.3 Å². The Morgan fingerprint density at radius 2 is 1.85 bits per heavy atom. The first-order chi connectivity index (χ1) is 19.5. The van der Waals surface area contributed by atoms with E-state index in [4.69, 9.17) is 9.47 Å². The number of amides is 1. The number of hydrogen-bond donors (Lipinski definition) is 0. The summed E-state index contributed by atoms with van der Waals surface area (Å²) in [5, 5.41) is 2.21. The summed E-state index contributed by atoms with van der Waals surface area (Å²) in [6.45, 7) is 0.0181. The molecule has 6 rings (SSSR count). The van der Waals surface area contributed by atoms with Gasteiger partial charge in [-0.1, -0.05) is 36.4 Å². The number of benzene rings is 2. The second-order valence-electron chi connectivity index (χ2n) is 10.1. The average molecular weight is 562 g/mol. The van der Waals surface area contributed by atoms with E-state index < -0.39 is 18.4 Å². The van der Waals surface area contributed by atoms with E-state index in [0.29, 0.717) is 6.54 Å². The lowest BCUT2D eigenvalue weighted by Crippen LogP contribution is -2.63. The summed E-state index contributed by atoms with van der Waals surface area (Å²) in [6.07, 6.45) is 5.22. The third-order valence-electron chi connectivity index (χ3n) is 7.65. The van der Waals surface area contributed by atoms with Crippen molar-refractivity contribution >= 4 is 23.8 Å². The Labute approximate surface area is 236 Å². The number of hydrogen-bond acceptors (Lipinski definition) is 8. The molecule has 0 N–H and O–H groups in total. The maximum atomic E-state index is 14.0. The fraction of sp³-hybridized carbons (Fsp3) is 0.367. The van der Waals surface area contributed by atoms with Crippen molar-refractivity contribution in [3.05, 3.63) is 93.4 Å². The van der Waals surface area contributed by atoms with E-state index in [1.165, 1.54) is 23.6 Å². The molecule has 0 spiro atoms. The van der Waals surface area contributed by atoms with Gasteiger partial charge in [-0.2, -0.15) is 0 Å². The minimum Gasteiger partial charge on any atom is -0.451 e. The van der Waals surface area contributed by atoms with Crippen molar-refractivity contribution in [1.29, 1.82) is 0 Å². The number of methoxy groups -OCH3 is 1. The monoisotopic (exact) mass is 561 g/mol. The Hall–Kier alpha value is -3.92. The van der Waals surface area contributed by atoms with Gasteiger partial charge >= 0.3 is 6.16 Å². The van der Waals surface area contributed by atoms with E-state index in [0.717, 1.165) is 49.0 Å². The molecule has 1 fully saturated rings. The summed E-state index contributed by atoms with van der Waals surface area (Å²) in [4.78, 5) is 41.5. The number of carbonyl (C=O) groups excluding carboxylic acids is 2. The number of pyridine rings is 1. The van der Waals surface area contributed by atoms with E-state index >= 15 is 0 Å². The van der Waals surface area contributed by atoms with Crippen molar-refractivity contribution in [1.82, 2.24) is 9.58 Å². The summed E-state index contributed by atoms with van der Waals surface area (Å²) in [5.74, 6) is 0.604. The van der Waals surface area contributed by atoms with Gasteiger partial charge in [-0.05, 0) is 66.7 Å². The quantitative estimate of drug-likeness (QED) is 0.335. The van der Waals surface area contributed by atoms with Crippen LogP contribution < -0.4 is 15.2 Å². The molecule has 40 heavy (non-hydrogen) atoms. The Kier molecular flexibility index (Phi) is 7.42. The Bertz CT molecular complexity index is 1440. The molecule has 2 aromatic carbocycles. The van der Waals surface area contributed by atoms with Crippen molar-refractivity contribution in [2.75, 3.05) is 31.2 Å². The molecule has 2 atom stereocenters. The van der Waals surface area contributed by atoms with Crippen LogP contribution in [0.3, 0.4) is 0 Å². The van der Waals surface area contributed by atoms with E-state index in [1.807, 2.05) is 16.7 Å². The van der Waals surface area contributed by atoms with Crippen LogP contribution in [-0.2, 0) is 15.9 Å². The minimum atomic E-state index is -0.941. The van der Waals surface area contributed by atoms with Crippen LogP contribution in [0.5, 0.6) is 5.75 Å². The molecule has 1 saturated heterocycles. The first kappa shape index (κ1) is 26.3. The molecule has 3 aliphatic heterocycles. The van der Waals surface area contributed by atoms with Crippen molar-refractivity contribution in [2.24, 2.45) is 0 Å². The van der Waals surface area contributed by atoms with Crippen molar-refractivity contribution < 1.29 is 23.8 Å². The molecule has 3 aromatic rings. The molecule has 10 heteroatoms. The first-order valence-electron chi connectivity index (χ1n) is 13.6. The maximum absolute atomic E-state index is 14.0. The molecule has 3 aliphatic rings. The van der Waals surface area contributed by atoms with Crippen LogP contribution in [0.25, 0.3) is 0 Å². The Balaban J connectivity index is 1.54. The lowest BCUT2D eigenvalue weighted by Gasteiger charge is -2.51. The van der Waals surface area contributed by atoms with Crippen molar-refractivity contribution in [3.8, 4) is 5.75 Å². The average Bonchev–Trinajstić information content (AvgIpc) is 2.99. The fourth-order valence-corrected chi connectivity index (χ4v) is 6.81. The number of piperidine rings is 1. The van der Waals surface area contributed by atoms with E-state index in [2.05, 4.69) is 58.3 Å². The van der Waals surface area contributed by atoms with Gasteiger partial charge in [-0.3, -0.25) is 19.3 Å². The zero-order valence-corrected chi connectivity index (χ0v) is 23.1. The molecule has 0 aliphatic carbocycles. The lowest BCUT2D eigenvalue weighted by atomic mass is 9.93. The summed E-state index contributed by atoms with van der Waals surface area (Å²) >= 11 is 1.85. The van der Waals surface area contributed by atoms with Gasteiger partial charge in [0.2, 0.25) is 18.0 Å². The molecular formula is C30H31N3O6S. The fourth-order valence-electron chi connectivity index (χ4n) is 5.89. The summed E-state index contributed by atoms with van der Waals surface area (Å²) in [7, 11) is 1.18. The van der Waals surface area contributed by atoms with Crippen molar-refractivity contribution in [2.45, 2.75) is 49.2 Å². The number of nitrogens with zero attached hydrogens (tertiary/aromatic N) is 3.